The lowest BCUT2D eigenvalue weighted by atomic mass is 10.2. The molecule has 0 amide bonds. The van der Waals surface area contributed by atoms with Crippen LogP contribution in [0.4, 0.5) is 0 Å². The summed E-state index contributed by atoms with van der Waals surface area (Å²) in [5.74, 6) is -1.82. The molecule has 0 saturated carbocycles. The van der Waals surface area contributed by atoms with Crippen molar-refractivity contribution >= 4 is 22.1 Å². The van der Waals surface area contributed by atoms with E-state index in [2.05, 4.69) is 0 Å². The number of carbonyl (C=O) groups excluding carboxylic acids is 1. The van der Waals surface area contributed by atoms with Gasteiger partial charge in [0.25, 0.3) is 0 Å². The Kier molecular flexibility index (Phi) is 3.23. The number of carboxylic acids is 1. The number of hydrogen-bond acceptors (Lipinski definition) is 4. The van der Waals surface area contributed by atoms with Gasteiger partial charge in [0.15, 0.2) is 0 Å². The third kappa shape index (κ3) is 3.19. The van der Waals surface area contributed by atoms with E-state index in [0.717, 1.165) is 6.08 Å². The van der Waals surface area contributed by atoms with E-state index >= 15 is 0 Å². The van der Waals surface area contributed by atoms with Crippen molar-refractivity contribution < 1.29 is 18.3 Å². The van der Waals surface area contributed by atoms with Crippen molar-refractivity contribution in [1.82, 2.24) is 0 Å². The van der Waals surface area contributed by atoms with E-state index in [4.69, 9.17) is 5.14 Å². The summed E-state index contributed by atoms with van der Waals surface area (Å²) in [6, 6.07) is 8.10. The van der Waals surface area contributed by atoms with Crippen molar-refractivity contribution in [2.24, 2.45) is 5.14 Å². The summed E-state index contributed by atoms with van der Waals surface area (Å²) in [7, 11) is -4.26. The molecule has 0 aliphatic heterocycles. The number of rotatable bonds is 3. The normalized spacial score (nSPS) is 12.5. The van der Waals surface area contributed by atoms with Crippen molar-refractivity contribution in [3.05, 3.63) is 40.8 Å². The highest BCUT2D eigenvalue weighted by Gasteiger charge is 2.12. The van der Waals surface area contributed by atoms with Crippen LogP contribution in [0.1, 0.15) is 5.56 Å². The molecule has 0 spiro atoms. The Hall–Kier alpha value is -1.66. The van der Waals surface area contributed by atoms with Gasteiger partial charge in [0.2, 0.25) is 10.0 Å². The van der Waals surface area contributed by atoms with Crippen molar-refractivity contribution in [2.75, 3.05) is 0 Å². The Balaban J connectivity index is 3.24. The molecule has 1 aromatic carbocycles. The minimum atomic E-state index is -4.26. The lowest BCUT2D eigenvalue weighted by molar-refractivity contribution is -0.298. The van der Waals surface area contributed by atoms with Gasteiger partial charge in [0, 0.05) is 0 Å². The summed E-state index contributed by atoms with van der Waals surface area (Å²) >= 11 is 0. The third-order valence-corrected chi connectivity index (χ3v) is 2.50. The van der Waals surface area contributed by atoms with E-state index in [1.54, 1.807) is 30.3 Å². The van der Waals surface area contributed by atoms with E-state index < -0.39 is 20.9 Å². The minimum Gasteiger partial charge on any atom is -0.544 e. The number of primary sulfonamides is 1. The Labute approximate surface area is 86.9 Å². The van der Waals surface area contributed by atoms with E-state index in [9.17, 15) is 18.3 Å². The highest BCUT2D eigenvalue weighted by atomic mass is 32.2. The van der Waals surface area contributed by atoms with Crippen molar-refractivity contribution in [1.29, 1.82) is 0 Å². The predicted molar refractivity (Wildman–Crippen MR) is 52.5 cm³/mol. The fraction of sp³-hybridized carbons (Fsp3) is 0. The monoisotopic (exact) mass is 226 g/mol. The van der Waals surface area contributed by atoms with Gasteiger partial charge in [-0.05, 0) is 11.6 Å². The highest BCUT2D eigenvalue weighted by molar-refractivity contribution is 7.94. The zero-order valence-electron chi connectivity index (χ0n) is 7.58. The Morgan fingerprint density at radius 1 is 1.27 bits per heavy atom. The van der Waals surface area contributed by atoms with Crippen LogP contribution in [0.15, 0.2) is 35.2 Å². The second kappa shape index (κ2) is 4.24. The van der Waals surface area contributed by atoms with Gasteiger partial charge in [-0.25, -0.2) is 13.6 Å². The summed E-state index contributed by atoms with van der Waals surface area (Å²) in [6.45, 7) is 0. The molecule has 6 heteroatoms. The van der Waals surface area contributed by atoms with Crippen LogP contribution in [-0.2, 0) is 14.8 Å². The summed E-state index contributed by atoms with van der Waals surface area (Å²) < 4.78 is 21.7. The number of aliphatic carboxylic acids is 1. The van der Waals surface area contributed by atoms with Gasteiger partial charge in [0.1, 0.15) is 4.91 Å². The second-order valence-corrected chi connectivity index (χ2v) is 4.28. The first-order valence-corrected chi connectivity index (χ1v) is 5.47. The third-order valence-electron chi connectivity index (χ3n) is 1.61. The molecule has 0 saturated heterocycles. The van der Waals surface area contributed by atoms with E-state index in [-0.39, 0.29) is 0 Å². The van der Waals surface area contributed by atoms with Crippen LogP contribution in [0.3, 0.4) is 0 Å². The molecule has 0 aromatic heterocycles. The maximum absolute atomic E-state index is 10.9. The molecule has 0 unspecified atom stereocenters. The molecule has 0 radical (unpaired) electrons. The maximum atomic E-state index is 10.9. The largest absolute Gasteiger partial charge is 0.544 e. The fourth-order valence-electron chi connectivity index (χ4n) is 0.958. The number of carboxylic acid groups (broad SMARTS) is 1. The zero-order chi connectivity index (χ0) is 11.5. The minimum absolute atomic E-state index is 0.422. The molecule has 0 heterocycles. The van der Waals surface area contributed by atoms with Gasteiger partial charge in [-0.2, -0.15) is 0 Å². The molecule has 0 bridgehead atoms. The Morgan fingerprint density at radius 3 is 2.20 bits per heavy atom. The van der Waals surface area contributed by atoms with E-state index in [1.165, 1.54) is 0 Å². The highest BCUT2D eigenvalue weighted by Crippen LogP contribution is 2.09. The SMILES string of the molecule is NS(=O)(=O)/C(=C/c1ccccc1)C(=O)[O-]. The fourth-order valence-corrected chi connectivity index (χ4v) is 1.49. The van der Waals surface area contributed by atoms with E-state index in [0.29, 0.717) is 5.56 Å². The summed E-state index contributed by atoms with van der Waals surface area (Å²) in [5.41, 5.74) is 0.422. The smallest absolute Gasteiger partial charge is 0.239 e. The number of hydrogen-bond donors (Lipinski definition) is 1. The quantitative estimate of drug-likeness (QED) is 0.672. The lowest BCUT2D eigenvalue weighted by Gasteiger charge is -2.05. The standard InChI is InChI=1S/C9H9NO4S/c10-15(13,14)8(9(11)12)6-7-4-2-1-3-5-7/h1-6H,(H,11,12)(H2,10,13,14)/p-1/b8-6+. The molecule has 1 rings (SSSR count). The van der Waals surface area contributed by atoms with Crippen molar-refractivity contribution in [2.45, 2.75) is 0 Å². The van der Waals surface area contributed by atoms with Gasteiger partial charge >= 0.3 is 0 Å². The van der Waals surface area contributed by atoms with Gasteiger partial charge < -0.3 is 9.90 Å². The molecule has 2 N–H and O–H groups in total. The molecule has 0 aliphatic rings. The van der Waals surface area contributed by atoms with Crippen LogP contribution in [0.2, 0.25) is 0 Å². The van der Waals surface area contributed by atoms with Crippen molar-refractivity contribution in [3.63, 3.8) is 0 Å². The molecule has 0 fully saturated rings. The number of benzene rings is 1. The molecule has 0 atom stereocenters. The van der Waals surface area contributed by atoms with Gasteiger partial charge in [-0.15, -0.1) is 0 Å². The first-order chi connectivity index (χ1) is 6.91. The Bertz CT molecular complexity index is 490. The van der Waals surface area contributed by atoms with Crippen LogP contribution < -0.4 is 10.2 Å². The molecule has 15 heavy (non-hydrogen) atoms. The van der Waals surface area contributed by atoms with Crippen LogP contribution in [0, 0.1) is 0 Å². The second-order valence-electron chi connectivity index (χ2n) is 2.75. The maximum Gasteiger partial charge on any atom is 0.239 e. The van der Waals surface area contributed by atoms with Crippen LogP contribution in [0.5, 0.6) is 0 Å². The summed E-state index contributed by atoms with van der Waals surface area (Å²) in [6.07, 6.45) is 0.949. The van der Waals surface area contributed by atoms with Gasteiger partial charge in [-0.1, -0.05) is 30.3 Å². The molecular formula is C9H8NO4S-. The van der Waals surface area contributed by atoms with Gasteiger partial charge in [0.05, 0.1) is 5.97 Å². The Morgan fingerprint density at radius 2 is 1.80 bits per heavy atom. The van der Waals surface area contributed by atoms with Crippen molar-refractivity contribution in [3.8, 4) is 0 Å². The van der Waals surface area contributed by atoms with Crippen LogP contribution >= 0.6 is 0 Å². The molecule has 80 valence electrons. The average Bonchev–Trinajstić information content (AvgIpc) is 2.13. The summed E-state index contributed by atoms with van der Waals surface area (Å²) in [5, 5.41) is 15.2. The topological polar surface area (TPSA) is 100 Å². The predicted octanol–water partition coefficient (Wildman–Crippen LogP) is -0.934. The van der Waals surface area contributed by atoms with Crippen LogP contribution in [0.25, 0.3) is 6.08 Å². The number of carbonyl (C=O) groups is 1. The zero-order valence-corrected chi connectivity index (χ0v) is 8.40. The lowest BCUT2D eigenvalue weighted by Crippen LogP contribution is -2.31. The average molecular weight is 226 g/mol. The molecule has 1 aromatic rings. The van der Waals surface area contributed by atoms with E-state index in [1.807, 2.05) is 0 Å². The molecular weight excluding hydrogens is 218 g/mol. The molecule has 5 nitrogen and oxygen atoms in total. The van der Waals surface area contributed by atoms with Gasteiger partial charge in [-0.3, -0.25) is 0 Å². The summed E-state index contributed by atoms with van der Waals surface area (Å²) in [4.78, 5) is 9.58. The first kappa shape index (κ1) is 11.4. The van der Waals surface area contributed by atoms with Crippen LogP contribution in [-0.4, -0.2) is 14.4 Å². The first-order valence-electron chi connectivity index (χ1n) is 3.92. The number of sulfonamides is 1. The number of nitrogens with two attached hydrogens (primary N) is 1. The molecule has 0 aliphatic carbocycles.